The van der Waals surface area contributed by atoms with Crippen LogP contribution in [0.5, 0.6) is 5.75 Å². The van der Waals surface area contributed by atoms with Gasteiger partial charge in [-0.05, 0) is 54.0 Å². The molecule has 6 nitrogen and oxygen atoms in total. The van der Waals surface area contributed by atoms with Gasteiger partial charge in [0.15, 0.2) is 0 Å². The number of rotatable bonds is 11. The van der Waals surface area contributed by atoms with Gasteiger partial charge in [-0.3, -0.25) is 4.79 Å². The van der Waals surface area contributed by atoms with E-state index in [9.17, 15) is 15.0 Å². The normalized spacial score (nSPS) is 11.9. The summed E-state index contributed by atoms with van der Waals surface area (Å²) >= 11 is 0. The minimum Gasteiger partial charge on any atom is -0.505 e. The molecule has 1 heterocycles. The number of carboxylic acids is 1. The lowest BCUT2D eigenvalue weighted by atomic mass is 9.78. The molecule has 2 aromatic carbocycles. The Bertz CT molecular complexity index is 1060. The highest BCUT2D eigenvalue weighted by atomic mass is 16.4. The smallest absolute Gasteiger partial charge is 0.303 e. The van der Waals surface area contributed by atoms with Crippen molar-refractivity contribution >= 4 is 17.0 Å². The molecule has 0 aliphatic rings. The zero-order chi connectivity index (χ0) is 24.0. The van der Waals surface area contributed by atoms with Gasteiger partial charge in [-0.15, -0.1) is 15.0 Å². The first-order chi connectivity index (χ1) is 15.7. The number of phenolic OH excluding ortho intramolecular Hbond substituents is 1. The van der Waals surface area contributed by atoms with Gasteiger partial charge in [-0.1, -0.05) is 71.9 Å². The van der Waals surface area contributed by atoms with Gasteiger partial charge in [0.1, 0.15) is 22.5 Å². The molecule has 33 heavy (non-hydrogen) atoms. The summed E-state index contributed by atoms with van der Waals surface area (Å²) in [5.41, 5.74) is 4.60. The number of phenols is 1. The summed E-state index contributed by atoms with van der Waals surface area (Å²) < 4.78 is 0. The molecule has 2 N–H and O–H groups in total. The number of hydrogen-bond donors (Lipinski definition) is 2. The molecule has 6 heteroatoms. The second-order valence-electron chi connectivity index (χ2n) is 9.90. The number of carboxylic acid groups (broad SMARTS) is 1. The summed E-state index contributed by atoms with van der Waals surface area (Å²) in [4.78, 5) is 12.9. The first-order valence-corrected chi connectivity index (χ1v) is 12.1. The third-order valence-electron chi connectivity index (χ3n) is 6.12. The van der Waals surface area contributed by atoms with Crippen molar-refractivity contribution in [2.45, 2.75) is 90.9 Å². The van der Waals surface area contributed by atoms with Crippen LogP contribution >= 0.6 is 0 Å². The number of nitrogens with zero attached hydrogens (tertiary/aromatic N) is 3. The summed E-state index contributed by atoms with van der Waals surface area (Å²) in [5, 5.41) is 29.9. The monoisotopic (exact) mass is 451 g/mol. The molecule has 0 saturated heterocycles. The Morgan fingerprint density at radius 2 is 1.58 bits per heavy atom. The van der Waals surface area contributed by atoms with E-state index in [2.05, 4.69) is 37.9 Å². The molecule has 0 spiro atoms. The van der Waals surface area contributed by atoms with E-state index < -0.39 is 5.97 Å². The largest absolute Gasteiger partial charge is 0.505 e. The van der Waals surface area contributed by atoms with Gasteiger partial charge in [-0.2, -0.15) is 0 Å². The van der Waals surface area contributed by atoms with Gasteiger partial charge in [0.2, 0.25) is 0 Å². The number of fused-ring (bicyclic) bond motifs is 1. The zero-order valence-corrected chi connectivity index (χ0v) is 20.4. The molecule has 3 rings (SSSR count). The summed E-state index contributed by atoms with van der Waals surface area (Å²) in [5.74, 6) is -0.640. The molecule has 0 radical (unpaired) electrons. The minimum atomic E-state index is -0.824. The summed E-state index contributed by atoms with van der Waals surface area (Å²) in [6.45, 7) is 8.48. The average molecular weight is 452 g/mol. The van der Waals surface area contributed by atoms with Crippen molar-refractivity contribution in [3.8, 4) is 11.4 Å². The second kappa shape index (κ2) is 10.8. The van der Waals surface area contributed by atoms with Crippen molar-refractivity contribution in [2.24, 2.45) is 0 Å². The van der Waals surface area contributed by atoms with Gasteiger partial charge < -0.3 is 10.2 Å². The lowest BCUT2D eigenvalue weighted by Crippen LogP contribution is -2.18. The number of aromatic nitrogens is 3. The van der Waals surface area contributed by atoms with Gasteiger partial charge in [0.25, 0.3) is 0 Å². The molecule has 0 aliphatic carbocycles. The molecule has 3 aromatic rings. The maximum atomic E-state index is 11.4. The Hall–Kier alpha value is -2.89. The fraction of sp³-hybridized carbons (Fsp3) is 0.519. The predicted molar refractivity (Wildman–Crippen MR) is 132 cm³/mol. The number of carbonyl (C=O) groups is 1. The van der Waals surface area contributed by atoms with Crippen LogP contribution < -0.4 is 0 Å². The van der Waals surface area contributed by atoms with E-state index in [-0.39, 0.29) is 17.6 Å². The molecule has 0 amide bonds. The molecule has 0 unspecified atom stereocenters. The molecule has 178 valence electrons. The summed E-state index contributed by atoms with van der Waals surface area (Å²) in [6, 6.07) is 9.48. The molecular formula is C27H37N3O3. The Labute approximate surface area is 196 Å². The van der Waals surface area contributed by atoms with Crippen molar-refractivity contribution in [1.82, 2.24) is 15.0 Å². The highest BCUT2D eigenvalue weighted by molar-refractivity contribution is 5.74. The second-order valence-corrected chi connectivity index (χ2v) is 9.90. The fourth-order valence-electron chi connectivity index (χ4n) is 4.51. The van der Waals surface area contributed by atoms with Crippen LogP contribution in [-0.4, -0.2) is 31.2 Å². The number of aromatic hydroxyl groups is 1. The molecule has 0 saturated carbocycles. The number of unbranched alkanes of at least 4 members (excludes halogenated alkanes) is 5. The molecular weight excluding hydrogens is 414 g/mol. The predicted octanol–water partition coefficient (Wildman–Crippen LogP) is 6.34. The number of benzene rings is 2. The average Bonchev–Trinajstić information content (AvgIpc) is 3.18. The van der Waals surface area contributed by atoms with Crippen LogP contribution in [0.2, 0.25) is 0 Å². The third-order valence-corrected chi connectivity index (χ3v) is 6.12. The van der Waals surface area contributed by atoms with Crippen molar-refractivity contribution in [3.63, 3.8) is 0 Å². The minimum absolute atomic E-state index is 0.0474. The van der Waals surface area contributed by atoms with Gasteiger partial charge in [-0.25, -0.2) is 0 Å². The van der Waals surface area contributed by atoms with E-state index in [4.69, 9.17) is 0 Å². The summed E-state index contributed by atoms with van der Waals surface area (Å²) in [6.07, 6.45) is 8.39. The van der Waals surface area contributed by atoms with Crippen LogP contribution in [0.15, 0.2) is 30.3 Å². The fourth-order valence-corrected chi connectivity index (χ4v) is 4.51. The first kappa shape index (κ1) is 24.7. The van der Waals surface area contributed by atoms with E-state index in [1.54, 1.807) is 0 Å². The van der Waals surface area contributed by atoms with Crippen LogP contribution in [0.4, 0.5) is 0 Å². The van der Waals surface area contributed by atoms with Crippen LogP contribution in [-0.2, 0) is 23.1 Å². The Morgan fingerprint density at radius 1 is 0.970 bits per heavy atom. The molecule has 0 fully saturated rings. The maximum Gasteiger partial charge on any atom is 0.303 e. The van der Waals surface area contributed by atoms with Crippen LogP contribution in [0, 0.1) is 0 Å². The third kappa shape index (κ3) is 6.12. The van der Waals surface area contributed by atoms with Crippen molar-refractivity contribution in [2.75, 3.05) is 0 Å². The SMILES string of the molecule is CCCCCCCCc1c(CCC(=O)O)cc(-n2nc3ccccc3n2)c(O)c1C(C)(C)C. The molecule has 0 bridgehead atoms. The van der Waals surface area contributed by atoms with Crippen molar-refractivity contribution in [1.29, 1.82) is 0 Å². The topological polar surface area (TPSA) is 88.2 Å². The number of aliphatic carboxylic acids is 1. The molecule has 1 aromatic heterocycles. The van der Waals surface area contributed by atoms with E-state index in [1.165, 1.54) is 30.5 Å². The zero-order valence-electron chi connectivity index (χ0n) is 20.4. The number of hydrogen-bond acceptors (Lipinski definition) is 4. The highest BCUT2D eigenvalue weighted by Gasteiger charge is 2.28. The summed E-state index contributed by atoms with van der Waals surface area (Å²) in [7, 11) is 0. The van der Waals surface area contributed by atoms with E-state index in [1.807, 2.05) is 30.3 Å². The van der Waals surface area contributed by atoms with Gasteiger partial charge in [0, 0.05) is 12.0 Å². The lowest BCUT2D eigenvalue weighted by Gasteiger charge is -2.28. The quantitative estimate of drug-likeness (QED) is 0.332. The van der Waals surface area contributed by atoms with Crippen LogP contribution in [0.3, 0.4) is 0 Å². The molecule has 0 aliphatic heterocycles. The maximum absolute atomic E-state index is 11.4. The first-order valence-electron chi connectivity index (χ1n) is 12.1. The highest BCUT2D eigenvalue weighted by Crippen LogP contribution is 2.41. The molecule has 0 atom stereocenters. The van der Waals surface area contributed by atoms with E-state index in [0.29, 0.717) is 12.1 Å². The van der Waals surface area contributed by atoms with Gasteiger partial charge in [0.05, 0.1) is 0 Å². The van der Waals surface area contributed by atoms with Gasteiger partial charge >= 0.3 is 5.97 Å². The lowest BCUT2D eigenvalue weighted by molar-refractivity contribution is -0.136. The Kier molecular flexibility index (Phi) is 8.11. The van der Waals surface area contributed by atoms with E-state index >= 15 is 0 Å². The number of aryl methyl sites for hydroxylation is 1. The van der Waals surface area contributed by atoms with Crippen LogP contribution in [0.1, 0.15) is 89.3 Å². The van der Waals surface area contributed by atoms with Crippen molar-refractivity contribution in [3.05, 3.63) is 47.0 Å². The van der Waals surface area contributed by atoms with E-state index in [0.717, 1.165) is 47.0 Å². The standard InChI is InChI=1S/C27H37N3O3/c1-5-6-7-8-9-10-13-20-19(16-17-24(31)32)18-23(26(33)25(20)27(2,3)4)30-28-21-14-11-12-15-22(21)29-30/h11-12,14-15,18,33H,5-10,13,16-17H2,1-4H3,(H,31,32). The van der Waals surface area contributed by atoms with Crippen molar-refractivity contribution < 1.29 is 15.0 Å². The van der Waals surface area contributed by atoms with Crippen LogP contribution in [0.25, 0.3) is 16.7 Å². The Morgan fingerprint density at radius 3 is 2.15 bits per heavy atom. The Balaban J connectivity index is 2.06.